The Bertz CT molecular complexity index is 1060. The van der Waals surface area contributed by atoms with E-state index < -0.39 is 6.17 Å². The number of hydrogen-bond donors (Lipinski definition) is 1. The van der Waals surface area contributed by atoms with Gasteiger partial charge in [-0.25, -0.2) is 4.39 Å². The average molecular weight is 523 g/mol. The van der Waals surface area contributed by atoms with Gasteiger partial charge >= 0.3 is 0 Å². The van der Waals surface area contributed by atoms with E-state index in [1.807, 2.05) is 23.9 Å². The van der Waals surface area contributed by atoms with Crippen molar-refractivity contribution in [1.82, 2.24) is 9.88 Å². The number of aliphatic hydroxyl groups is 1. The molecule has 34 heavy (non-hydrogen) atoms. The van der Waals surface area contributed by atoms with Crippen molar-refractivity contribution in [3.63, 3.8) is 0 Å². The molecule has 8 heteroatoms. The molecule has 1 N–H and O–H groups in total. The predicted molar refractivity (Wildman–Crippen MR) is 141 cm³/mol. The van der Waals surface area contributed by atoms with Gasteiger partial charge in [0.15, 0.2) is 0 Å². The second-order valence-corrected chi connectivity index (χ2v) is 11.4. The number of aromatic nitrogens is 1. The van der Waals surface area contributed by atoms with Crippen molar-refractivity contribution < 1.29 is 14.2 Å². The van der Waals surface area contributed by atoms with Crippen LogP contribution in [0.1, 0.15) is 43.8 Å². The van der Waals surface area contributed by atoms with E-state index in [0.717, 1.165) is 44.6 Å². The second kappa shape index (κ2) is 12.0. The molecule has 1 atom stereocenters. The zero-order valence-electron chi connectivity index (χ0n) is 19.5. The summed E-state index contributed by atoms with van der Waals surface area (Å²) in [5.74, 6) is 1.77. The van der Waals surface area contributed by atoms with E-state index in [-0.39, 0.29) is 12.0 Å². The summed E-state index contributed by atoms with van der Waals surface area (Å²) in [5, 5.41) is 15.6. The minimum Gasteiger partial charge on any atom is -0.497 e. The van der Waals surface area contributed by atoms with Gasteiger partial charge in [0, 0.05) is 34.0 Å². The van der Waals surface area contributed by atoms with Gasteiger partial charge in [0.05, 0.1) is 17.6 Å². The Hall–Kier alpha value is -1.38. The van der Waals surface area contributed by atoms with E-state index in [9.17, 15) is 5.11 Å². The molecular formula is C26H32ClFN2O2S2. The quantitative estimate of drug-likeness (QED) is 0.217. The molecule has 0 unspecified atom stereocenters. The predicted octanol–water partition coefficient (Wildman–Crippen LogP) is 7.01. The number of fused-ring (bicyclic) bond motifs is 1. The summed E-state index contributed by atoms with van der Waals surface area (Å²) < 4.78 is 20.9. The molecule has 4 nitrogen and oxygen atoms in total. The van der Waals surface area contributed by atoms with E-state index in [2.05, 4.69) is 26.7 Å². The van der Waals surface area contributed by atoms with Crippen molar-refractivity contribution in [2.75, 3.05) is 39.1 Å². The average Bonchev–Trinajstić information content (AvgIpc) is 3.39. The Morgan fingerprint density at radius 1 is 1.32 bits per heavy atom. The van der Waals surface area contributed by atoms with Crippen LogP contribution in [0.15, 0.2) is 46.1 Å². The van der Waals surface area contributed by atoms with Crippen molar-refractivity contribution in [1.29, 1.82) is 0 Å². The molecule has 3 aromatic rings. The molecule has 1 aliphatic rings. The monoisotopic (exact) mass is 522 g/mol. The fraction of sp³-hybridized carbons (Fsp3) is 0.500. The van der Waals surface area contributed by atoms with E-state index >= 15 is 4.39 Å². The molecule has 1 saturated heterocycles. The van der Waals surface area contributed by atoms with Crippen LogP contribution in [-0.2, 0) is 0 Å². The SMILES string of the molecule is COc1ccc2ncc(Cl)c([C@@H](F)CCC3(CO)CCN(CCCSc4ccsc4)CC3)c2c1. The van der Waals surface area contributed by atoms with Gasteiger partial charge in [-0.1, -0.05) is 11.6 Å². The van der Waals surface area contributed by atoms with Gasteiger partial charge in [0.2, 0.25) is 0 Å². The molecule has 0 amide bonds. The first-order valence-corrected chi connectivity index (χ1v) is 14.1. The number of ether oxygens (including phenoxy) is 1. The first-order valence-electron chi connectivity index (χ1n) is 11.8. The third-order valence-electron chi connectivity index (χ3n) is 6.94. The second-order valence-electron chi connectivity index (χ2n) is 9.07. The molecule has 0 spiro atoms. The van der Waals surface area contributed by atoms with Crippen molar-refractivity contribution in [2.24, 2.45) is 5.41 Å². The summed E-state index contributed by atoms with van der Waals surface area (Å²) in [6, 6.07) is 7.61. The van der Waals surface area contributed by atoms with Crippen molar-refractivity contribution in [3.05, 3.63) is 51.8 Å². The van der Waals surface area contributed by atoms with Crippen LogP contribution in [0.2, 0.25) is 5.02 Å². The van der Waals surface area contributed by atoms with Gasteiger partial charge in [-0.2, -0.15) is 11.3 Å². The molecule has 4 rings (SSSR count). The van der Waals surface area contributed by atoms with Gasteiger partial charge in [-0.15, -0.1) is 11.8 Å². The number of alkyl halides is 1. The lowest BCUT2D eigenvalue weighted by Crippen LogP contribution is -2.42. The maximum absolute atomic E-state index is 15.6. The zero-order valence-corrected chi connectivity index (χ0v) is 21.9. The summed E-state index contributed by atoms with van der Waals surface area (Å²) in [4.78, 5) is 8.16. The third kappa shape index (κ3) is 6.24. The van der Waals surface area contributed by atoms with Gasteiger partial charge in [-0.3, -0.25) is 4.98 Å². The minimum absolute atomic E-state index is 0.0974. The maximum Gasteiger partial charge on any atom is 0.127 e. The van der Waals surface area contributed by atoms with E-state index in [1.165, 1.54) is 11.1 Å². The Balaban J connectivity index is 1.31. The summed E-state index contributed by atoms with van der Waals surface area (Å²) in [6.45, 7) is 3.08. The topological polar surface area (TPSA) is 45.6 Å². The number of thioether (sulfide) groups is 1. The number of rotatable bonds is 11. The minimum atomic E-state index is -1.22. The highest BCUT2D eigenvalue weighted by atomic mass is 35.5. The standard InChI is InChI=1S/C26H32ClFN2O2S2/c1-32-19-3-4-24-21(15-19)25(22(27)16-29-24)23(28)5-7-26(18-31)8-11-30(12-9-26)10-2-13-34-20-6-14-33-17-20/h3-4,6,14-17,23,31H,2,5,7-13,18H2,1H3/t23-/m0/s1. The third-order valence-corrected chi connectivity index (χ3v) is 9.16. The van der Waals surface area contributed by atoms with Crippen LogP contribution < -0.4 is 4.74 Å². The molecule has 0 aliphatic carbocycles. The number of piperidine rings is 1. The van der Waals surface area contributed by atoms with Crippen molar-refractivity contribution in [2.45, 2.75) is 43.2 Å². The van der Waals surface area contributed by atoms with Gasteiger partial charge < -0.3 is 14.7 Å². The number of aliphatic hydroxyl groups excluding tert-OH is 1. The highest BCUT2D eigenvalue weighted by Gasteiger charge is 2.35. The number of benzene rings is 1. The molecule has 3 heterocycles. The molecule has 1 aliphatic heterocycles. The zero-order chi connectivity index (χ0) is 24.0. The van der Waals surface area contributed by atoms with Crippen molar-refractivity contribution in [3.8, 4) is 5.75 Å². The smallest absolute Gasteiger partial charge is 0.127 e. The van der Waals surface area contributed by atoms with E-state index in [0.29, 0.717) is 40.1 Å². The highest BCUT2D eigenvalue weighted by Crippen LogP contribution is 2.42. The summed E-state index contributed by atoms with van der Waals surface area (Å²) in [7, 11) is 1.59. The Kier molecular flexibility index (Phi) is 9.10. The summed E-state index contributed by atoms with van der Waals surface area (Å²) in [6.07, 6.45) is 4.20. The van der Waals surface area contributed by atoms with Crippen LogP contribution in [0.3, 0.4) is 0 Å². The Morgan fingerprint density at radius 2 is 2.15 bits per heavy atom. The molecule has 184 valence electrons. The van der Waals surface area contributed by atoms with E-state index in [4.69, 9.17) is 16.3 Å². The van der Waals surface area contributed by atoms with Crippen LogP contribution in [0.25, 0.3) is 10.9 Å². The number of thiophene rings is 1. The van der Waals surface area contributed by atoms with E-state index in [1.54, 1.807) is 24.5 Å². The summed E-state index contributed by atoms with van der Waals surface area (Å²) in [5.41, 5.74) is 0.948. The number of hydrogen-bond acceptors (Lipinski definition) is 6. The number of halogens is 2. The molecule has 0 saturated carbocycles. The Morgan fingerprint density at radius 3 is 2.85 bits per heavy atom. The van der Waals surface area contributed by atoms with Gasteiger partial charge in [-0.05, 0) is 92.6 Å². The normalized spacial score (nSPS) is 17.2. The van der Waals surface area contributed by atoms with Crippen molar-refractivity contribution >= 4 is 45.6 Å². The molecule has 0 radical (unpaired) electrons. The molecular weight excluding hydrogens is 491 g/mol. The number of pyridine rings is 1. The molecule has 1 aromatic carbocycles. The first kappa shape index (κ1) is 25.7. The fourth-order valence-corrected chi connectivity index (χ4v) is 6.72. The maximum atomic E-state index is 15.6. The molecule has 2 aromatic heterocycles. The number of methoxy groups -OCH3 is 1. The lowest BCUT2D eigenvalue weighted by atomic mass is 9.74. The van der Waals surface area contributed by atoms with Crippen LogP contribution >= 0.6 is 34.7 Å². The molecule has 1 fully saturated rings. The van der Waals surface area contributed by atoms with Crippen LogP contribution in [0.4, 0.5) is 4.39 Å². The number of likely N-dealkylation sites (tertiary alicyclic amines) is 1. The summed E-state index contributed by atoms with van der Waals surface area (Å²) >= 11 is 10.0. The highest BCUT2D eigenvalue weighted by molar-refractivity contribution is 7.99. The Labute approximate surface area is 214 Å². The first-order chi connectivity index (χ1) is 16.5. The molecule has 0 bridgehead atoms. The largest absolute Gasteiger partial charge is 0.497 e. The van der Waals surface area contributed by atoms with Crippen LogP contribution in [-0.4, -0.2) is 54.1 Å². The fourth-order valence-electron chi connectivity index (χ4n) is 4.74. The van der Waals surface area contributed by atoms with Crippen LogP contribution in [0, 0.1) is 5.41 Å². The van der Waals surface area contributed by atoms with Crippen LogP contribution in [0.5, 0.6) is 5.75 Å². The van der Waals surface area contributed by atoms with Gasteiger partial charge in [0.25, 0.3) is 0 Å². The lowest BCUT2D eigenvalue weighted by Gasteiger charge is -2.41. The lowest BCUT2D eigenvalue weighted by molar-refractivity contribution is 0.0304. The number of nitrogens with zero attached hydrogens (tertiary/aromatic N) is 2. The van der Waals surface area contributed by atoms with Gasteiger partial charge in [0.1, 0.15) is 11.9 Å².